The van der Waals surface area contributed by atoms with Gasteiger partial charge in [-0.3, -0.25) is 4.79 Å². The number of ether oxygens (including phenoxy) is 3. The maximum atomic E-state index is 15.0. The van der Waals surface area contributed by atoms with Gasteiger partial charge in [-0.1, -0.05) is 12.1 Å². The molecular formula is C25H21FN2O4. The average molecular weight is 432 g/mol. The molecule has 6 nitrogen and oxygen atoms in total. The van der Waals surface area contributed by atoms with Crippen molar-refractivity contribution in [2.24, 2.45) is 0 Å². The van der Waals surface area contributed by atoms with Crippen LogP contribution in [0.4, 0.5) is 4.39 Å². The molecule has 4 bridgehead atoms. The zero-order valence-corrected chi connectivity index (χ0v) is 17.6. The summed E-state index contributed by atoms with van der Waals surface area (Å²) in [5.74, 6) is -0.0185. The molecule has 1 aliphatic rings. The highest BCUT2D eigenvalue weighted by atomic mass is 19.1. The van der Waals surface area contributed by atoms with E-state index in [4.69, 9.17) is 14.2 Å². The minimum Gasteiger partial charge on any atom is -0.493 e. The molecule has 1 aliphatic heterocycles. The number of hydrogen-bond donors (Lipinski definition) is 0. The summed E-state index contributed by atoms with van der Waals surface area (Å²) >= 11 is 0. The van der Waals surface area contributed by atoms with Crippen molar-refractivity contribution in [3.05, 3.63) is 76.6 Å². The molecule has 0 fully saturated rings. The number of carbonyl (C=O) groups excluding carboxylic acids is 1. The van der Waals surface area contributed by atoms with E-state index in [2.05, 4.69) is 11.1 Å². The molecule has 7 heteroatoms. The number of halogens is 1. The van der Waals surface area contributed by atoms with Crippen molar-refractivity contribution in [1.82, 2.24) is 4.98 Å². The van der Waals surface area contributed by atoms with Crippen molar-refractivity contribution in [1.29, 1.82) is 5.26 Å². The third-order valence-corrected chi connectivity index (χ3v) is 5.13. The molecule has 0 atom stereocenters. The fraction of sp³-hybridized carbons (Fsp3) is 0.240. The lowest BCUT2D eigenvalue weighted by molar-refractivity contribution is -0.142. The van der Waals surface area contributed by atoms with Gasteiger partial charge in [-0.2, -0.15) is 5.26 Å². The number of nitriles is 1. The second-order valence-electron chi connectivity index (χ2n) is 7.27. The molecule has 32 heavy (non-hydrogen) atoms. The highest BCUT2D eigenvalue weighted by Gasteiger charge is 2.17. The summed E-state index contributed by atoms with van der Waals surface area (Å²) in [6, 6.07) is 15.5. The predicted octanol–water partition coefficient (Wildman–Crippen LogP) is 4.38. The quantitative estimate of drug-likeness (QED) is 0.572. The normalized spacial score (nSPS) is 12.5. The second-order valence-corrected chi connectivity index (χ2v) is 7.27. The summed E-state index contributed by atoms with van der Waals surface area (Å²) < 4.78 is 31.8. The number of nitrogens with zero attached hydrogens (tertiary/aromatic N) is 2. The lowest BCUT2D eigenvalue weighted by Crippen LogP contribution is -2.12. The fourth-order valence-corrected chi connectivity index (χ4v) is 3.57. The monoisotopic (exact) mass is 432 g/mol. The molecule has 3 aromatic rings. The van der Waals surface area contributed by atoms with Gasteiger partial charge in [0.15, 0.2) is 0 Å². The van der Waals surface area contributed by atoms with Crippen molar-refractivity contribution in [3.63, 3.8) is 0 Å². The molecule has 162 valence electrons. The first-order valence-electron chi connectivity index (χ1n) is 10.3. The number of rotatable bonds is 3. The number of pyridine rings is 1. The minimum atomic E-state index is -0.476. The van der Waals surface area contributed by atoms with Crippen LogP contribution in [0.3, 0.4) is 0 Å². The van der Waals surface area contributed by atoms with Crippen LogP contribution in [0, 0.1) is 17.1 Å². The maximum Gasteiger partial charge on any atom is 0.310 e. The Kier molecular flexibility index (Phi) is 6.31. The number of carbonyl (C=O) groups is 1. The van der Waals surface area contributed by atoms with Gasteiger partial charge in [0.25, 0.3) is 0 Å². The van der Waals surface area contributed by atoms with Gasteiger partial charge in [0.1, 0.15) is 18.2 Å². The lowest BCUT2D eigenvalue weighted by Gasteiger charge is -2.14. The van der Waals surface area contributed by atoms with Gasteiger partial charge in [-0.25, -0.2) is 9.37 Å². The Bertz CT molecular complexity index is 1200. The van der Waals surface area contributed by atoms with Gasteiger partial charge < -0.3 is 14.2 Å². The van der Waals surface area contributed by atoms with Gasteiger partial charge in [-0.05, 0) is 48.4 Å². The summed E-state index contributed by atoms with van der Waals surface area (Å²) in [7, 11) is 0. The molecule has 1 aromatic heterocycles. The van der Waals surface area contributed by atoms with Crippen LogP contribution in [0.5, 0.6) is 11.6 Å². The smallest absolute Gasteiger partial charge is 0.310 e. The van der Waals surface area contributed by atoms with E-state index in [9.17, 15) is 10.1 Å². The van der Waals surface area contributed by atoms with Crippen LogP contribution >= 0.6 is 0 Å². The molecule has 2 heterocycles. The summed E-state index contributed by atoms with van der Waals surface area (Å²) in [4.78, 5) is 16.5. The summed E-state index contributed by atoms with van der Waals surface area (Å²) in [6.45, 7) is 2.44. The Morgan fingerprint density at radius 1 is 1.19 bits per heavy atom. The first kappa shape index (κ1) is 21.3. The van der Waals surface area contributed by atoms with Gasteiger partial charge in [0.05, 0.1) is 37.0 Å². The molecule has 0 radical (unpaired) electrons. The van der Waals surface area contributed by atoms with Crippen LogP contribution in [0.1, 0.15) is 29.2 Å². The SMILES string of the molecule is CCOC(=O)Cc1cc(F)c2cc1CCOc1cc(C#N)ccc1COc1cccc-2n1. The van der Waals surface area contributed by atoms with Gasteiger partial charge in [0, 0.05) is 23.6 Å². The third-order valence-electron chi connectivity index (χ3n) is 5.13. The number of esters is 1. The predicted molar refractivity (Wildman–Crippen MR) is 115 cm³/mol. The highest BCUT2D eigenvalue weighted by molar-refractivity contribution is 5.74. The van der Waals surface area contributed by atoms with Crippen LogP contribution in [0.15, 0.2) is 48.5 Å². The Morgan fingerprint density at radius 2 is 2.06 bits per heavy atom. The van der Waals surface area contributed by atoms with Crippen LogP contribution in [-0.2, 0) is 29.0 Å². The number of hydrogen-bond acceptors (Lipinski definition) is 6. The zero-order chi connectivity index (χ0) is 22.5. The Balaban J connectivity index is 1.77. The van der Waals surface area contributed by atoms with Gasteiger partial charge in [-0.15, -0.1) is 0 Å². The molecule has 0 amide bonds. The molecule has 4 rings (SSSR count). The summed E-state index contributed by atoms with van der Waals surface area (Å²) in [6.07, 6.45) is 0.394. The van der Waals surface area contributed by atoms with Crippen molar-refractivity contribution < 1.29 is 23.4 Å². The molecule has 0 saturated carbocycles. The third kappa shape index (κ3) is 4.70. The molecule has 0 N–H and O–H groups in total. The lowest BCUT2D eigenvalue weighted by atomic mass is 9.97. The first-order valence-corrected chi connectivity index (χ1v) is 10.3. The number of benzene rings is 2. The molecular weight excluding hydrogens is 411 g/mol. The maximum absolute atomic E-state index is 15.0. The Morgan fingerprint density at radius 3 is 2.88 bits per heavy atom. The average Bonchev–Trinajstić information content (AvgIpc) is 2.80. The fourth-order valence-electron chi connectivity index (χ4n) is 3.57. The largest absolute Gasteiger partial charge is 0.493 e. The van der Waals surface area contributed by atoms with Crippen molar-refractivity contribution >= 4 is 5.97 Å². The van der Waals surface area contributed by atoms with Crippen molar-refractivity contribution in [2.45, 2.75) is 26.4 Å². The van der Waals surface area contributed by atoms with Crippen LogP contribution < -0.4 is 9.47 Å². The van der Waals surface area contributed by atoms with Crippen molar-refractivity contribution in [2.75, 3.05) is 13.2 Å². The van der Waals surface area contributed by atoms with E-state index in [1.165, 1.54) is 6.07 Å². The number of aromatic nitrogens is 1. The van der Waals surface area contributed by atoms with E-state index in [1.54, 1.807) is 49.4 Å². The van der Waals surface area contributed by atoms with E-state index < -0.39 is 11.8 Å². The topological polar surface area (TPSA) is 81.4 Å². The summed E-state index contributed by atoms with van der Waals surface area (Å²) in [5.41, 5.74) is 3.30. The molecule has 0 aliphatic carbocycles. The van der Waals surface area contributed by atoms with E-state index in [1.807, 2.05) is 0 Å². The summed E-state index contributed by atoms with van der Waals surface area (Å²) in [5, 5.41) is 9.23. The number of fused-ring (bicyclic) bond motifs is 6. The molecule has 0 saturated heterocycles. The van der Waals surface area contributed by atoms with Crippen LogP contribution in [-0.4, -0.2) is 24.2 Å². The standard InChI is InChI=1S/C25H21FN2O4/c1-2-30-25(29)13-19-12-21(26)20-11-17(19)8-9-31-23-10-16(14-27)6-7-18(23)15-32-24-5-3-4-22(20)28-24/h3-7,10-12H,2,8-9,13,15H2,1H3. The van der Waals surface area contributed by atoms with Gasteiger partial charge >= 0.3 is 5.97 Å². The minimum absolute atomic E-state index is 0.0356. The van der Waals surface area contributed by atoms with E-state index in [0.29, 0.717) is 40.4 Å². The second kappa shape index (κ2) is 9.48. The van der Waals surface area contributed by atoms with E-state index in [0.717, 1.165) is 11.1 Å². The van der Waals surface area contributed by atoms with Crippen LogP contribution in [0.2, 0.25) is 0 Å². The molecule has 2 aromatic carbocycles. The van der Waals surface area contributed by atoms with Gasteiger partial charge in [0.2, 0.25) is 5.88 Å². The van der Waals surface area contributed by atoms with Crippen molar-refractivity contribution in [3.8, 4) is 29.0 Å². The Labute approximate surface area is 185 Å². The Hall–Kier alpha value is -3.92. The molecule has 0 spiro atoms. The van der Waals surface area contributed by atoms with E-state index in [-0.39, 0.29) is 26.2 Å². The van der Waals surface area contributed by atoms with Crippen LogP contribution in [0.25, 0.3) is 11.3 Å². The first-order chi connectivity index (χ1) is 15.6. The molecule has 0 unspecified atom stereocenters. The van der Waals surface area contributed by atoms with E-state index >= 15 is 4.39 Å². The zero-order valence-electron chi connectivity index (χ0n) is 17.6. The highest BCUT2D eigenvalue weighted by Crippen LogP contribution is 2.29.